The maximum atomic E-state index is 5.38. The molecule has 1 N–H and O–H groups in total. The lowest BCUT2D eigenvalue weighted by Crippen LogP contribution is -2.35. The van der Waals surface area contributed by atoms with Crippen molar-refractivity contribution < 1.29 is 9.26 Å². The Kier molecular flexibility index (Phi) is 5.33. The third-order valence-electron chi connectivity index (χ3n) is 3.46. The lowest BCUT2D eigenvalue weighted by molar-refractivity contribution is 0.329. The third-order valence-corrected chi connectivity index (χ3v) is 3.46. The third kappa shape index (κ3) is 4.04. The van der Waals surface area contributed by atoms with Crippen molar-refractivity contribution in [1.82, 2.24) is 15.5 Å². The van der Waals surface area contributed by atoms with E-state index in [-0.39, 0.29) is 0 Å². The van der Waals surface area contributed by atoms with Gasteiger partial charge in [-0.25, -0.2) is 0 Å². The Morgan fingerprint density at radius 3 is 2.81 bits per heavy atom. The molecule has 0 aliphatic rings. The first kappa shape index (κ1) is 15.5. The molecule has 2 aromatic rings. The topological polar surface area (TPSA) is 60.2 Å². The fraction of sp³-hybridized carbons (Fsp3) is 0.500. The summed E-state index contributed by atoms with van der Waals surface area (Å²) >= 11 is 0. The molecule has 0 spiro atoms. The quantitative estimate of drug-likeness (QED) is 0.849. The van der Waals surface area contributed by atoms with Gasteiger partial charge in [-0.2, -0.15) is 4.98 Å². The number of aromatic nitrogens is 2. The number of ether oxygens (including phenoxy) is 1. The van der Waals surface area contributed by atoms with Crippen molar-refractivity contribution in [2.75, 3.05) is 13.7 Å². The first-order chi connectivity index (χ1) is 10.1. The van der Waals surface area contributed by atoms with Crippen molar-refractivity contribution in [1.29, 1.82) is 0 Å². The second-order valence-electron chi connectivity index (χ2n) is 5.36. The molecule has 0 amide bonds. The average molecular weight is 289 g/mol. The number of hydrogen-bond donors (Lipinski definition) is 1. The Morgan fingerprint density at radius 2 is 2.14 bits per heavy atom. The predicted molar refractivity (Wildman–Crippen MR) is 82.3 cm³/mol. The number of nitrogens with one attached hydrogen (secondary N) is 1. The van der Waals surface area contributed by atoms with E-state index >= 15 is 0 Å². The summed E-state index contributed by atoms with van der Waals surface area (Å²) in [5, 5.41) is 7.51. The van der Waals surface area contributed by atoms with Crippen molar-refractivity contribution in [3.05, 3.63) is 30.2 Å². The molecule has 2 rings (SSSR count). The monoisotopic (exact) mass is 289 g/mol. The fourth-order valence-corrected chi connectivity index (χ4v) is 2.21. The lowest BCUT2D eigenvalue weighted by Gasteiger charge is -2.19. The molecule has 0 bridgehead atoms. The maximum Gasteiger partial charge on any atom is 0.228 e. The molecule has 0 fully saturated rings. The zero-order chi connectivity index (χ0) is 15.2. The molecule has 0 aliphatic carbocycles. The number of benzene rings is 1. The van der Waals surface area contributed by atoms with Crippen LogP contribution in [-0.2, 0) is 6.42 Å². The van der Waals surface area contributed by atoms with Gasteiger partial charge in [0, 0.05) is 18.0 Å². The Bertz CT molecular complexity index is 566. The summed E-state index contributed by atoms with van der Waals surface area (Å²) in [4.78, 5) is 4.49. The first-order valence-electron chi connectivity index (χ1n) is 7.34. The van der Waals surface area contributed by atoms with Crippen LogP contribution in [0, 0.1) is 5.92 Å². The van der Waals surface area contributed by atoms with Crippen LogP contribution in [-0.4, -0.2) is 29.8 Å². The van der Waals surface area contributed by atoms with Crippen LogP contribution in [0.3, 0.4) is 0 Å². The van der Waals surface area contributed by atoms with Crippen LogP contribution < -0.4 is 10.1 Å². The second-order valence-corrected chi connectivity index (χ2v) is 5.36. The molecule has 1 heterocycles. The number of likely N-dealkylation sites (N-methyl/N-ethyl adjacent to an activating group) is 1. The molecule has 1 aromatic heterocycles. The van der Waals surface area contributed by atoms with Crippen LogP contribution in [0.25, 0.3) is 11.4 Å². The number of methoxy groups -OCH3 is 1. The lowest BCUT2D eigenvalue weighted by atomic mass is 10.0. The van der Waals surface area contributed by atoms with E-state index in [9.17, 15) is 0 Å². The summed E-state index contributed by atoms with van der Waals surface area (Å²) < 4.78 is 10.6. The van der Waals surface area contributed by atoms with Crippen LogP contribution in [0.4, 0.5) is 0 Å². The van der Waals surface area contributed by atoms with Crippen molar-refractivity contribution in [3.8, 4) is 17.1 Å². The van der Waals surface area contributed by atoms with Gasteiger partial charge < -0.3 is 14.6 Å². The van der Waals surface area contributed by atoms with Gasteiger partial charge in [0.15, 0.2) is 0 Å². The molecule has 0 saturated carbocycles. The van der Waals surface area contributed by atoms with Crippen LogP contribution >= 0.6 is 0 Å². The summed E-state index contributed by atoms with van der Waals surface area (Å²) in [6.07, 6.45) is 0.739. The zero-order valence-electron chi connectivity index (χ0n) is 13.1. The van der Waals surface area contributed by atoms with E-state index in [0.717, 1.165) is 24.3 Å². The minimum Gasteiger partial charge on any atom is -0.497 e. The highest BCUT2D eigenvalue weighted by Gasteiger charge is 2.17. The first-order valence-corrected chi connectivity index (χ1v) is 7.34. The molecule has 0 saturated heterocycles. The summed E-state index contributed by atoms with van der Waals surface area (Å²) in [6.45, 7) is 7.41. The normalized spacial score (nSPS) is 12.6. The van der Waals surface area contributed by atoms with Gasteiger partial charge in [0.2, 0.25) is 11.7 Å². The summed E-state index contributed by atoms with van der Waals surface area (Å²) in [5.74, 6) is 2.55. The molecular weight excluding hydrogens is 266 g/mol. The van der Waals surface area contributed by atoms with Crippen LogP contribution in [0.2, 0.25) is 0 Å². The standard InChI is InChI=1S/C16H23N3O2/c1-5-17-14(11(2)3)10-15-18-16(19-21-15)12-7-6-8-13(9-12)20-4/h6-9,11,14,17H,5,10H2,1-4H3. The van der Waals surface area contributed by atoms with Gasteiger partial charge in [-0.05, 0) is 24.6 Å². The van der Waals surface area contributed by atoms with Gasteiger partial charge in [-0.3, -0.25) is 0 Å². The van der Waals surface area contributed by atoms with E-state index in [1.807, 2.05) is 24.3 Å². The summed E-state index contributed by atoms with van der Waals surface area (Å²) in [6, 6.07) is 8.00. The van der Waals surface area contributed by atoms with Gasteiger partial charge in [0.05, 0.1) is 7.11 Å². The van der Waals surface area contributed by atoms with Crippen LogP contribution in [0.15, 0.2) is 28.8 Å². The van der Waals surface area contributed by atoms with Gasteiger partial charge in [-0.1, -0.05) is 38.1 Å². The Balaban J connectivity index is 2.13. The molecule has 5 nitrogen and oxygen atoms in total. The predicted octanol–water partition coefficient (Wildman–Crippen LogP) is 2.92. The van der Waals surface area contributed by atoms with Gasteiger partial charge >= 0.3 is 0 Å². The largest absolute Gasteiger partial charge is 0.497 e. The van der Waals surface area contributed by atoms with Gasteiger partial charge in [0.25, 0.3) is 0 Å². The maximum absolute atomic E-state index is 5.38. The number of nitrogens with zero attached hydrogens (tertiary/aromatic N) is 2. The minimum atomic E-state index is 0.341. The van der Waals surface area contributed by atoms with Gasteiger partial charge in [0.1, 0.15) is 5.75 Å². The summed E-state index contributed by atoms with van der Waals surface area (Å²) in [5.41, 5.74) is 0.897. The Labute approximate surface area is 125 Å². The fourth-order valence-electron chi connectivity index (χ4n) is 2.21. The van der Waals surface area contributed by atoms with E-state index in [1.165, 1.54) is 0 Å². The van der Waals surface area contributed by atoms with E-state index in [4.69, 9.17) is 9.26 Å². The molecule has 1 unspecified atom stereocenters. The van der Waals surface area contributed by atoms with Crippen molar-refractivity contribution in [2.24, 2.45) is 5.92 Å². The van der Waals surface area contributed by atoms with E-state index in [1.54, 1.807) is 7.11 Å². The second kappa shape index (κ2) is 7.22. The van der Waals surface area contributed by atoms with E-state index in [2.05, 4.69) is 36.2 Å². The Morgan fingerprint density at radius 1 is 1.33 bits per heavy atom. The molecule has 114 valence electrons. The molecule has 1 aromatic carbocycles. The van der Waals surface area contributed by atoms with Crippen LogP contribution in [0.5, 0.6) is 5.75 Å². The highest BCUT2D eigenvalue weighted by molar-refractivity contribution is 5.56. The van der Waals surface area contributed by atoms with Crippen molar-refractivity contribution >= 4 is 0 Å². The van der Waals surface area contributed by atoms with Crippen molar-refractivity contribution in [3.63, 3.8) is 0 Å². The zero-order valence-corrected chi connectivity index (χ0v) is 13.1. The minimum absolute atomic E-state index is 0.341. The van der Waals surface area contributed by atoms with Crippen molar-refractivity contribution in [2.45, 2.75) is 33.2 Å². The Hall–Kier alpha value is -1.88. The summed E-state index contributed by atoms with van der Waals surface area (Å²) in [7, 11) is 1.64. The molecule has 0 radical (unpaired) electrons. The average Bonchev–Trinajstić information content (AvgIpc) is 2.95. The van der Waals surface area contributed by atoms with Gasteiger partial charge in [-0.15, -0.1) is 0 Å². The molecule has 21 heavy (non-hydrogen) atoms. The molecule has 0 aliphatic heterocycles. The highest BCUT2D eigenvalue weighted by atomic mass is 16.5. The van der Waals surface area contributed by atoms with Crippen LogP contribution in [0.1, 0.15) is 26.7 Å². The molecule has 1 atom stereocenters. The number of rotatable bonds is 7. The number of hydrogen-bond acceptors (Lipinski definition) is 5. The SMILES string of the molecule is CCNC(Cc1nc(-c2cccc(OC)c2)no1)C(C)C. The van der Waals surface area contributed by atoms with E-state index in [0.29, 0.717) is 23.7 Å². The molecular formula is C16H23N3O2. The smallest absolute Gasteiger partial charge is 0.228 e. The highest BCUT2D eigenvalue weighted by Crippen LogP contribution is 2.21. The van der Waals surface area contributed by atoms with E-state index < -0.39 is 0 Å². The molecule has 5 heteroatoms.